The van der Waals surface area contributed by atoms with E-state index in [1.165, 1.54) is 18.2 Å². The molecule has 2 aliphatic rings. The SMILES string of the molecule is O=C(c1cc(N2C(=O)CCS2(=O)=O)ccc1Cl)N1CCN(c2ccccn2)CC1. The van der Waals surface area contributed by atoms with E-state index in [0.29, 0.717) is 26.2 Å². The number of halogens is 1. The normalized spacial score (nSPS) is 18.9. The lowest BCUT2D eigenvalue weighted by Gasteiger charge is -2.35. The van der Waals surface area contributed by atoms with Crippen LogP contribution in [0.5, 0.6) is 0 Å². The number of amides is 2. The van der Waals surface area contributed by atoms with Gasteiger partial charge in [0, 0.05) is 38.8 Å². The number of aromatic nitrogens is 1. The average Bonchev–Trinajstić information content (AvgIpc) is 3.01. The van der Waals surface area contributed by atoms with Gasteiger partial charge in [0.15, 0.2) is 0 Å². The minimum atomic E-state index is -3.71. The van der Waals surface area contributed by atoms with Crippen molar-refractivity contribution in [3.05, 3.63) is 53.2 Å². The Balaban J connectivity index is 1.53. The molecule has 0 saturated carbocycles. The molecule has 3 heterocycles. The molecule has 0 bridgehead atoms. The van der Waals surface area contributed by atoms with E-state index in [9.17, 15) is 18.0 Å². The molecule has 152 valence electrons. The van der Waals surface area contributed by atoms with Crippen LogP contribution < -0.4 is 9.21 Å². The lowest BCUT2D eigenvalue weighted by molar-refractivity contribution is -0.116. The Kier molecular flexibility index (Phi) is 5.18. The molecule has 8 nitrogen and oxygen atoms in total. The van der Waals surface area contributed by atoms with Crippen molar-refractivity contribution in [1.82, 2.24) is 9.88 Å². The van der Waals surface area contributed by atoms with Gasteiger partial charge in [0.25, 0.3) is 5.91 Å². The zero-order chi connectivity index (χ0) is 20.6. The van der Waals surface area contributed by atoms with Crippen molar-refractivity contribution in [2.45, 2.75) is 6.42 Å². The number of benzene rings is 1. The van der Waals surface area contributed by atoms with Crippen LogP contribution in [0.3, 0.4) is 0 Å². The van der Waals surface area contributed by atoms with E-state index >= 15 is 0 Å². The number of carbonyl (C=O) groups excluding carboxylic acids is 2. The molecule has 4 rings (SSSR count). The maximum atomic E-state index is 13.0. The van der Waals surface area contributed by atoms with Crippen molar-refractivity contribution < 1.29 is 18.0 Å². The predicted molar refractivity (Wildman–Crippen MR) is 110 cm³/mol. The first-order chi connectivity index (χ1) is 13.9. The highest BCUT2D eigenvalue weighted by Crippen LogP contribution is 2.30. The van der Waals surface area contributed by atoms with Gasteiger partial charge in [-0.2, -0.15) is 0 Å². The fourth-order valence-electron chi connectivity index (χ4n) is 3.52. The Morgan fingerprint density at radius 1 is 1.07 bits per heavy atom. The quantitative estimate of drug-likeness (QED) is 0.731. The molecule has 0 aliphatic carbocycles. The van der Waals surface area contributed by atoms with Gasteiger partial charge in [0.05, 0.1) is 22.0 Å². The molecular formula is C19H19ClN4O4S. The van der Waals surface area contributed by atoms with Crippen LogP contribution in [0.4, 0.5) is 11.5 Å². The third kappa shape index (κ3) is 3.79. The molecule has 0 N–H and O–H groups in total. The van der Waals surface area contributed by atoms with Gasteiger partial charge in [-0.25, -0.2) is 17.7 Å². The summed E-state index contributed by atoms with van der Waals surface area (Å²) in [4.78, 5) is 33.2. The summed E-state index contributed by atoms with van der Waals surface area (Å²) in [6, 6.07) is 9.97. The first-order valence-electron chi connectivity index (χ1n) is 9.17. The largest absolute Gasteiger partial charge is 0.353 e. The van der Waals surface area contributed by atoms with Gasteiger partial charge in [0.2, 0.25) is 15.9 Å². The summed E-state index contributed by atoms with van der Waals surface area (Å²) < 4.78 is 25.1. The van der Waals surface area contributed by atoms with Gasteiger partial charge >= 0.3 is 0 Å². The van der Waals surface area contributed by atoms with Gasteiger partial charge in [-0.3, -0.25) is 9.59 Å². The van der Waals surface area contributed by atoms with E-state index in [1.54, 1.807) is 11.1 Å². The van der Waals surface area contributed by atoms with Crippen LogP contribution in [0.2, 0.25) is 5.02 Å². The van der Waals surface area contributed by atoms with E-state index in [-0.39, 0.29) is 34.4 Å². The molecule has 2 amide bonds. The highest BCUT2D eigenvalue weighted by molar-refractivity contribution is 7.94. The van der Waals surface area contributed by atoms with Crippen LogP contribution in [0.15, 0.2) is 42.6 Å². The molecular weight excluding hydrogens is 416 g/mol. The van der Waals surface area contributed by atoms with E-state index in [1.807, 2.05) is 18.2 Å². The molecule has 29 heavy (non-hydrogen) atoms. The lowest BCUT2D eigenvalue weighted by atomic mass is 10.1. The number of hydrogen-bond acceptors (Lipinski definition) is 6. The highest BCUT2D eigenvalue weighted by Gasteiger charge is 2.37. The van der Waals surface area contributed by atoms with Crippen molar-refractivity contribution in [3.8, 4) is 0 Å². The van der Waals surface area contributed by atoms with Crippen LogP contribution in [0.25, 0.3) is 0 Å². The zero-order valence-corrected chi connectivity index (χ0v) is 17.1. The summed E-state index contributed by atoms with van der Waals surface area (Å²) in [5.41, 5.74) is 0.331. The van der Waals surface area contributed by atoms with E-state index in [4.69, 9.17) is 11.6 Å². The van der Waals surface area contributed by atoms with Crippen molar-refractivity contribution >= 4 is 44.9 Å². The van der Waals surface area contributed by atoms with Crippen LogP contribution in [-0.2, 0) is 14.8 Å². The molecule has 0 radical (unpaired) electrons. The molecule has 0 unspecified atom stereocenters. The Hall–Kier alpha value is -2.65. The van der Waals surface area contributed by atoms with Crippen LogP contribution in [0.1, 0.15) is 16.8 Å². The van der Waals surface area contributed by atoms with Gasteiger partial charge in [0.1, 0.15) is 5.82 Å². The summed E-state index contributed by atoms with van der Waals surface area (Å²) in [5, 5.41) is 0.218. The van der Waals surface area contributed by atoms with Gasteiger partial charge in [-0.15, -0.1) is 0 Å². The standard InChI is InChI=1S/C19H19ClN4O4S/c20-16-5-4-14(24-18(25)6-12-29(24,27)28)13-15(16)19(26)23-10-8-22(9-11-23)17-3-1-2-7-21-17/h1-5,7,13H,6,8-12H2. The third-order valence-corrected chi connectivity index (χ3v) is 7.05. The molecule has 0 spiro atoms. The maximum absolute atomic E-state index is 13.0. The van der Waals surface area contributed by atoms with Gasteiger partial charge < -0.3 is 9.80 Å². The van der Waals surface area contributed by atoms with E-state index < -0.39 is 15.9 Å². The number of piperazine rings is 1. The smallest absolute Gasteiger partial charge is 0.255 e. The summed E-state index contributed by atoms with van der Waals surface area (Å²) >= 11 is 6.23. The molecule has 10 heteroatoms. The highest BCUT2D eigenvalue weighted by atomic mass is 35.5. The van der Waals surface area contributed by atoms with Crippen LogP contribution in [0, 0.1) is 0 Å². The average molecular weight is 435 g/mol. The Bertz CT molecular complexity index is 1050. The third-order valence-electron chi connectivity index (χ3n) is 5.03. The fraction of sp³-hybridized carbons (Fsp3) is 0.316. The minimum absolute atomic E-state index is 0.0658. The summed E-state index contributed by atoms with van der Waals surface area (Å²) in [6.45, 7) is 2.21. The number of sulfonamides is 1. The molecule has 2 saturated heterocycles. The summed E-state index contributed by atoms with van der Waals surface area (Å²) in [5.74, 6) is -0.165. The second-order valence-corrected chi connectivity index (χ2v) is 9.20. The minimum Gasteiger partial charge on any atom is -0.353 e. The lowest BCUT2D eigenvalue weighted by Crippen LogP contribution is -2.49. The molecule has 2 aliphatic heterocycles. The first kappa shape index (κ1) is 19.7. The number of carbonyl (C=O) groups is 2. The topological polar surface area (TPSA) is 90.9 Å². The van der Waals surface area contributed by atoms with E-state index in [2.05, 4.69) is 9.88 Å². The number of hydrogen-bond donors (Lipinski definition) is 0. The fourth-order valence-corrected chi connectivity index (χ4v) is 5.17. The number of nitrogens with zero attached hydrogens (tertiary/aromatic N) is 4. The molecule has 1 aromatic heterocycles. The monoisotopic (exact) mass is 434 g/mol. The number of pyridine rings is 1. The molecule has 0 atom stereocenters. The van der Waals surface area contributed by atoms with E-state index in [0.717, 1.165) is 10.1 Å². The molecule has 2 fully saturated rings. The number of anilines is 2. The Morgan fingerprint density at radius 3 is 2.45 bits per heavy atom. The van der Waals surface area contributed by atoms with Crippen molar-refractivity contribution in [2.75, 3.05) is 41.1 Å². The molecule has 2 aromatic rings. The van der Waals surface area contributed by atoms with Gasteiger partial charge in [-0.05, 0) is 30.3 Å². The Morgan fingerprint density at radius 2 is 1.83 bits per heavy atom. The maximum Gasteiger partial charge on any atom is 0.255 e. The Labute approximate surface area is 173 Å². The zero-order valence-electron chi connectivity index (χ0n) is 15.5. The summed E-state index contributed by atoms with van der Waals surface area (Å²) in [7, 11) is -3.71. The second kappa shape index (κ2) is 7.64. The predicted octanol–water partition coefficient (Wildman–Crippen LogP) is 1.76. The summed E-state index contributed by atoms with van der Waals surface area (Å²) in [6.07, 6.45) is 1.66. The second-order valence-electron chi connectivity index (χ2n) is 6.86. The van der Waals surface area contributed by atoms with Crippen molar-refractivity contribution in [1.29, 1.82) is 0 Å². The van der Waals surface area contributed by atoms with Crippen molar-refractivity contribution in [2.24, 2.45) is 0 Å². The van der Waals surface area contributed by atoms with Gasteiger partial charge in [-0.1, -0.05) is 17.7 Å². The van der Waals surface area contributed by atoms with Crippen LogP contribution in [-0.4, -0.2) is 62.0 Å². The molecule has 1 aromatic carbocycles. The van der Waals surface area contributed by atoms with Crippen LogP contribution >= 0.6 is 11.6 Å². The van der Waals surface area contributed by atoms with Crippen molar-refractivity contribution in [3.63, 3.8) is 0 Å². The first-order valence-corrected chi connectivity index (χ1v) is 11.2. The number of rotatable bonds is 3.